The van der Waals surface area contributed by atoms with E-state index in [1.165, 1.54) is 16.4 Å². The number of hydrogen-bond donors (Lipinski definition) is 1. The van der Waals surface area contributed by atoms with Crippen LogP contribution in [0.25, 0.3) is 0 Å². The summed E-state index contributed by atoms with van der Waals surface area (Å²) in [4.78, 5) is -0.481. The zero-order valence-electron chi connectivity index (χ0n) is 12.1. The van der Waals surface area contributed by atoms with Gasteiger partial charge in [0.25, 0.3) is 0 Å². The quantitative estimate of drug-likeness (QED) is 0.878. The highest BCUT2D eigenvalue weighted by atomic mass is 35.5. The van der Waals surface area contributed by atoms with E-state index in [4.69, 9.17) is 5.73 Å². The fourth-order valence-electron chi connectivity index (χ4n) is 2.45. The van der Waals surface area contributed by atoms with Gasteiger partial charge >= 0.3 is 6.36 Å². The van der Waals surface area contributed by atoms with E-state index in [-0.39, 0.29) is 31.4 Å². The summed E-state index contributed by atoms with van der Waals surface area (Å²) in [7, 11) is -4.06. The van der Waals surface area contributed by atoms with Crippen LogP contribution in [0.3, 0.4) is 0 Å². The minimum absolute atomic E-state index is 0. The Labute approximate surface area is 139 Å². The van der Waals surface area contributed by atoms with Crippen molar-refractivity contribution in [2.75, 3.05) is 19.6 Å². The van der Waals surface area contributed by atoms with E-state index in [1.54, 1.807) is 0 Å². The number of para-hydroxylation sites is 1. The van der Waals surface area contributed by atoms with Gasteiger partial charge in [0.1, 0.15) is 10.6 Å². The first-order chi connectivity index (χ1) is 10.2. The van der Waals surface area contributed by atoms with Crippen LogP contribution in [0.2, 0.25) is 0 Å². The zero-order chi connectivity index (χ0) is 16.4. The van der Waals surface area contributed by atoms with Crippen molar-refractivity contribution in [2.45, 2.75) is 24.1 Å². The summed E-state index contributed by atoms with van der Waals surface area (Å²) in [5.74, 6) is -0.705. The number of nitrogens with zero attached hydrogens (tertiary/aromatic N) is 1. The van der Waals surface area contributed by atoms with Crippen molar-refractivity contribution >= 4 is 22.4 Å². The number of sulfonamides is 1. The van der Waals surface area contributed by atoms with Gasteiger partial charge in [0.05, 0.1) is 0 Å². The average Bonchev–Trinajstić information content (AvgIpc) is 2.46. The van der Waals surface area contributed by atoms with Gasteiger partial charge < -0.3 is 10.5 Å². The lowest BCUT2D eigenvalue weighted by atomic mass is 10.0. The van der Waals surface area contributed by atoms with E-state index >= 15 is 0 Å². The Kier molecular flexibility index (Phi) is 6.70. The largest absolute Gasteiger partial charge is 0.573 e. The van der Waals surface area contributed by atoms with Gasteiger partial charge in [-0.3, -0.25) is 0 Å². The monoisotopic (exact) mass is 374 g/mol. The van der Waals surface area contributed by atoms with Crippen LogP contribution in [0.5, 0.6) is 5.75 Å². The average molecular weight is 375 g/mol. The maximum absolute atomic E-state index is 12.6. The summed E-state index contributed by atoms with van der Waals surface area (Å²) in [5, 5.41) is 0. The van der Waals surface area contributed by atoms with E-state index < -0.39 is 27.0 Å². The van der Waals surface area contributed by atoms with Crippen molar-refractivity contribution in [2.24, 2.45) is 11.7 Å². The predicted octanol–water partition coefficient (Wildman–Crippen LogP) is 2.37. The molecule has 5 nitrogen and oxygen atoms in total. The van der Waals surface area contributed by atoms with Gasteiger partial charge in [0.15, 0.2) is 0 Å². The molecule has 1 aromatic rings. The van der Waals surface area contributed by atoms with Crippen LogP contribution in [-0.4, -0.2) is 38.7 Å². The molecule has 1 unspecified atom stereocenters. The van der Waals surface area contributed by atoms with E-state index in [2.05, 4.69) is 4.74 Å². The standard InChI is InChI=1S/C13H17F3N2O3S.ClH/c14-13(15,16)21-11-5-1-2-6-12(11)22(19,20)18-7-3-4-10(8-17)9-18;/h1-2,5-6,10H,3-4,7-9,17H2;1H. The second kappa shape index (κ2) is 7.69. The molecule has 10 heteroatoms. The first-order valence-electron chi connectivity index (χ1n) is 6.79. The fourth-order valence-corrected chi connectivity index (χ4v) is 4.12. The molecule has 1 heterocycles. The molecule has 1 aliphatic heterocycles. The van der Waals surface area contributed by atoms with Crippen molar-refractivity contribution in [1.29, 1.82) is 0 Å². The predicted molar refractivity (Wildman–Crippen MR) is 80.9 cm³/mol. The van der Waals surface area contributed by atoms with Crippen LogP contribution in [0.1, 0.15) is 12.8 Å². The Balaban J connectivity index is 0.00000264. The van der Waals surface area contributed by atoms with Crippen molar-refractivity contribution in [1.82, 2.24) is 4.31 Å². The number of rotatable bonds is 4. The van der Waals surface area contributed by atoms with Gasteiger partial charge in [-0.25, -0.2) is 8.42 Å². The molecule has 0 spiro atoms. The Bertz CT molecular complexity index is 625. The molecule has 0 amide bonds. The highest BCUT2D eigenvalue weighted by Crippen LogP contribution is 2.32. The first-order valence-corrected chi connectivity index (χ1v) is 8.23. The molecule has 1 aromatic carbocycles. The number of piperidine rings is 1. The molecule has 23 heavy (non-hydrogen) atoms. The highest BCUT2D eigenvalue weighted by Gasteiger charge is 2.36. The maximum Gasteiger partial charge on any atom is 0.573 e. The molecule has 0 bridgehead atoms. The minimum Gasteiger partial charge on any atom is -0.404 e. The van der Waals surface area contributed by atoms with Crippen molar-refractivity contribution in [3.8, 4) is 5.75 Å². The fraction of sp³-hybridized carbons (Fsp3) is 0.538. The molecule has 0 aliphatic carbocycles. The van der Waals surface area contributed by atoms with E-state index in [0.29, 0.717) is 13.0 Å². The lowest BCUT2D eigenvalue weighted by Crippen LogP contribution is -2.42. The first kappa shape index (κ1) is 20.0. The van der Waals surface area contributed by atoms with Crippen molar-refractivity contribution in [3.63, 3.8) is 0 Å². The molecule has 2 rings (SSSR count). The number of halogens is 4. The summed E-state index contributed by atoms with van der Waals surface area (Å²) in [6.07, 6.45) is -3.51. The van der Waals surface area contributed by atoms with Crippen LogP contribution in [0.4, 0.5) is 13.2 Å². The normalized spacial score (nSPS) is 19.9. The summed E-state index contributed by atoms with van der Waals surface area (Å²) >= 11 is 0. The summed E-state index contributed by atoms with van der Waals surface area (Å²) < 4.78 is 67.5. The lowest BCUT2D eigenvalue weighted by Gasteiger charge is -2.31. The van der Waals surface area contributed by atoms with Gasteiger partial charge in [-0.15, -0.1) is 25.6 Å². The molecule has 1 atom stereocenters. The van der Waals surface area contributed by atoms with Crippen LogP contribution >= 0.6 is 12.4 Å². The number of hydrogen-bond acceptors (Lipinski definition) is 4. The van der Waals surface area contributed by atoms with Gasteiger partial charge in [-0.05, 0) is 37.4 Å². The van der Waals surface area contributed by atoms with Crippen LogP contribution in [0.15, 0.2) is 29.2 Å². The Hall–Kier alpha value is -1.03. The third kappa shape index (κ3) is 4.97. The van der Waals surface area contributed by atoms with E-state index in [0.717, 1.165) is 18.6 Å². The molecular formula is C13H18ClF3N2O3S. The summed E-state index contributed by atoms with van der Waals surface area (Å²) in [6, 6.07) is 4.76. The molecule has 2 N–H and O–H groups in total. The number of nitrogens with two attached hydrogens (primary N) is 1. The smallest absolute Gasteiger partial charge is 0.404 e. The molecule has 0 saturated carbocycles. The Morgan fingerprint density at radius 2 is 1.96 bits per heavy atom. The second-order valence-electron chi connectivity index (χ2n) is 5.10. The molecular weight excluding hydrogens is 357 g/mol. The van der Waals surface area contributed by atoms with Gasteiger partial charge in [-0.2, -0.15) is 4.31 Å². The topological polar surface area (TPSA) is 72.6 Å². The molecule has 1 saturated heterocycles. The Morgan fingerprint density at radius 1 is 1.30 bits per heavy atom. The van der Waals surface area contributed by atoms with E-state index in [9.17, 15) is 21.6 Å². The third-order valence-corrected chi connectivity index (χ3v) is 5.41. The summed E-state index contributed by atoms with van der Waals surface area (Å²) in [5.41, 5.74) is 5.57. The molecule has 0 aromatic heterocycles. The van der Waals surface area contributed by atoms with Crippen LogP contribution in [-0.2, 0) is 10.0 Å². The van der Waals surface area contributed by atoms with Gasteiger partial charge in [0.2, 0.25) is 10.0 Å². The zero-order valence-corrected chi connectivity index (χ0v) is 13.8. The lowest BCUT2D eigenvalue weighted by molar-refractivity contribution is -0.275. The maximum atomic E-state index is 12.6. The van der Waals surface area contributed by atoms with Crippen LogP contribution in [0, 0.1) is 5.92 Å². The molecule has 1 aliphatic rings. The van der Waals surface area contributed by atoms with Gasteiger partial charge in [-0.1, -0.05) is 12.1 Å². The third-order valence-electron chi connectivity index (χ3n) is 3.51. The summed E-state index contributed by atoms with van der Waals surface area (Å²) in [6.45, 7) is 0.811. The van der Waals surface area contributed by atoms with Crippen molar-refractivity contribution in [3.05, 3.63) is 24.3 Å². The van der Waals surface area contributed by atoms with Gasteiger partial charge in [0, 0.05) is 13.1 Å². The Morgan fingerprint density at radius 3 is 2.57 bits per heavy atom. The second-order valence-corrected chi connectivity index (χ2v) is 7.01. The SMILES string of the molecule is Cl.NCC1CCCN(S(=O)(=O)c2ccccc2OC(F)(F)F)C1. The van der Waals surface area contributed by atoms with Crippen molar-refractivity contribution < 1.29 is 26.3 Å². The molecule has 1 fully saturated rings. The van der Waals surface area contributed by atoms with Crippen LogP contribution < -0.4 is 10.5 Å². The van der Waals surface area contributed by atoms with E-state index in [1.807, 2.05) is 0 Å². The number of alkyl halides is 3. The minimum atomic E-state index is -4.95. The highest BCUT2D eigenvalue weighted by molar-refractivity contribution is 7.89. The molecule has 0 radical (unpaired) electrons. The molecule has 132 valence electrons. The number of ether oxygens (including phenoxy) is 1. The number of benzene rings is 1.